The van der Waals surface area contributed by atoms with Gasteiger partial charge >= 0.3 is 0 Å². The minimum atomic E-state index is -3.63. The Balaban J connectivity index is 3.10. The van der Waals surface area contributed by atoms with Gasteiger partial charge in [0.15, 0.2) is 0 Å². The predicted octanol–water partition coefficient (Wildman–Crippen LogP) is 2.56. The van der Waals surface area contributed by atoms with Crippen molar-refractivity contribution in [2.75, 3.05) is 12.3 Å². The van der Waals surface area contributed by atoms with E-state index in [0.717, 1.165) is 5.56 Å². The van der Waals surface area contributed by atoms with E-state index in [0.29, 0.717) is 12.2 Å². The van der Waals surface area contributed by atoms with Gasteiger partial charge in [-0.25, -0.2) is 13.1 Å². The van der Waals surface area contributed by atoms with Gasteiger partial charge < -0.3 is 5.73 Å². The maximum Gasteiger partial charge on any atom is 0.242 e. The lowest BCUT2D eigenvalue weighted by molar-refractivity contribution is 0.407. The largest absolute Gasteiger partial charge is 0.398 e. The van der Waals surface area contributed by atoms with E-state index in [1.807, 2.05) is 20.8 Å². The predicted molar refractivity (Wildman–Crippen MR) is 75.2 cm³/mol. The van der Waals surface area contributed by atoms with Crippen LogP contribution in [0, 0.1) is 12.3 Å². The van der Waals surface area contributed by atoms with E-state index in [2.05, 4.69) is 4.72 Å². The van der Waals surface area contributed by atoms with E-state index in [9.17, 15) is 8.42 Å². The van der Waals surface area contributed by atoms with Crippen molar-refractivity contribution in [3.8, 4) is 0 Å². The molecule has 0 bridgehead atoms. The van der Waals surface area contributed by atoms with E-state index < -0.39 is 10.0 Å². The quantitative estimate of drug-likeness (QED) is 0.840. The summed E-state index contributed by atoms with van der Waals surface area (Å²) in [5.41, 5.74) is 6.75. The number of nitrogens with two attached hydrogens (primary N) is 1. The average Bonchev–Trinajstić information content (AvgIpc) is 2.19. The maximum atomic E-state index is 12.1. The number of nitrogens with one attached hydrogen (secondary N) is 1. The smallest absolute Gasteiger partial charge is 0.242 e. The van der Waals surface area contributed by atoms with Gasteiger partial charge in [0.25, 0.3) is 0 Å². The van der Waals surface area contributed by atoms with Gasteiger partial charge in [-0.15, -0.1) is 0 Å². The first-order valence-electron chi connectivity index (χ1n) is 5.58. The van der Waals surface area contributed by atoms with E-state index in [4.69, 9.17) is 17.3 Å². The molecule has 6 heteroatoms. The number of benzene rings is 1. The number of halogens is 1. The van der Waals surface area contributed by atoms with Gasteiger partial charge in [-0.1, -0.05) is 32.4 Å². The van der Waals surface area contributed by atoms with Crippen LogP contribution in [-0.2, 0) is 10.0 Å². The fourth-order valence-electron chi connectivity index (χ4n) is 1.26. The monoisotopic (exact) mass is 290 g/mol. The minimum absolute atomic E-state index is 0.0246. The number of hydrogen-bond acceptors (Lipinski definition) is 3. The molecule has 0 aliphatic heterocycles. The molecule has 3 N–H and O–H groups in total. The lowest BCUT2D eigenvalue weighted by atomic mass is 9.98. The number of nitrogen functional groups attached to an aromatic ring is 1. The topological polar surface area (TPSA) is 72.2 Å². The van der Waals surface area contributed by atoms with Crippen molar-refractivity contribution in [1.82, 2.24) is 4.72 Å². The number of anilines is 1. The molecule has 0 amide bonds. The molecule has 0 unspecified atom stereocenters. The summed E-state index contributed by atoms with van der Waals surface area (Å²) in [7, 11) is -3.63. The van der Waals surface area contributed by atoms with Crippen molar-refractivity contribution in [3.05, 3.63) is 22.7 Å². The molecule has 1 rings (SSSR count). The highest BCUT2D eigenvalue weighted by molar-refractivity contribution is 7.89. The van der Waals surface area contributed by atoms with Crippen LogP contribution in [0.5, 0.6) is 0 Å². The van der Waals surface area contributed by atoms with E-state index >= 15 is 0 Å². The van der Waals surface area contributed by atoms with Gasteiger partial charge in [0.05, 0.1) is 5.02 Å². The molecule has 0 atom stereocenters. The molecule has 18 heavy (non-hydrogen) atoms. The van der Waals surface area contributed by atoms with E-state index in [1.54, 1.807) is 13.0 Å². The summed E-state index contributed by atoms with van der Waals surface area (Å²) in [6.07, 6.45) is 0. The Morgan fingerprint density at radius 2 is 1.89 bits per heavy atom. The van der Waals surface area contributed by atoms with Gasteiger partial charge in [-0.2, -0.15) is 0 Å². The van der Waals surface area contributed by atoms with Gasteiger partial charge in [-0.05, 0) is 30.0 Å². The van der Waals surface area contributed by atoms with Crippen LogP contribution in [0.1, 0.15) is 26.3 Å². The Labute approximate surface area is 114 Å². The summed E-state index contributed by atoms with van der Waals surface area (Å²) in [5.74, 6) is 0. The third-order valence-corrected chi connectivity index (χ3v) is 4.27. The van der Waals surface area contributed by atoms with Crippen LogP contribution in [0.2, 0.25) is 5.02 Å². The van der Waals surface area contributed by atoms with Crippen LogP contribution in [0.15, 0.2) is 17.0 Å². The zero-order valence-electron chi connectivity index (χ0n) is 11.0. The van der Waals surface area contributed by atoms with Crippen molar-refractivity contribution in [1.29, 1.82) is 0 Å². The summed E-state index contributed by atoms with van der Waals surface area (Å²) in [4.78, 5) is 0.0246. The Kier molecular flexibility index (Phi) is 4.30. The normalized spacial score (nSPS) is 12.7. The van der Waals surface area contributed by atoms with E-state index in [-0.39, 0.29) is 15.3 Å². The van der Waals surface area contributed by atoms with Crippen molar-refractivity contribution < 1.29 is 8.42 Å². The highest BCUT2D eigenvalue weighted by Crippen LogP contribution is 2.27. The second-order valence-corrected chi connectivity index (χ2v) is 7.67. The first-order chi connectivity index (χ1) is 8.03. The molecular formula is C12H19ClN2O2S. The van der Waals surface area contributed by atoms with Crippen LogP contribution < -0.4 is 10.5 Å². The second-order valence-electron chi connectivity index (χ2n) is 5.52. The Morgan fingerprint density at radius 1 is 1.33 bits per heavy atom. The molecule has 102 valence electrons. The zero-order valence-corrected chi connectivity index (χ0v) is 12.6. The number of sulfonamides is 1. The van der Waals surface area contributed by atoms with Crippen molar-refractivity contribution in [2.24, 2.45) is 5.41 Å². The van der Waals surface area contributed by atoms with Crippen LogP contribution in [0.3, 0.4) is 0 Å². The van der Waals surface area contributed by atoms with Crippen LogP contribution in [0.4, 0.5) is 5.69 Å². The van der Waals surface area contributed by atoms with Crippen LogP contribution in [0.25, 0.3) is 0 Å². The third kappa shape index (κ3) is 3.86. The molecular weight excluding hydrogens is 272 g/mol. The molecule has 1 aromatic rings. The third-order valence-electron chi connectivity index (χ3n) is 2.40. The first-order valence-corrected chi connectivity index (χ1v) is 7.44. The SMILES string of the molecule is Cc1cc(Cl)c(S(=O)(=O)NCC(C)(C)C)cc1N. The fraction of sp³-hybridized carbons (Fsp3) is 0.500. The van der Waals surface area contributed by atoms with Gasteiger partial charge in [0.2, 0.25) is 10.0 Å². The van der Waals surface area contributed by atoms with E-state index in [1.165, 1.54) is 6.07 Å². The number of hydrogen-bond donors (Lipinski definition) is 2. The maximum absolute atomic E-state index is 12.1. The highest BCUT2D eigenvalue weighted by atomic mass is 35.5. The molecule has 0 aromatic heterocycles. The minimum Gasteiger partial charge on any atom is -0.398 e. The molecule has 0 saturated heterocycles. The van der Waals surface area contributed by atoms with Crippen LogP contribution >= 0.6 is 11.6 Å². The summed E-state index contributed by atoms with van der Waals surface area (Å²) < 4.78 is 26.8. The molecule has 1 aromatic carbocycles. The summed E-state index contributed by atoms with van der Waals surface area (Å²) in [6.45, 7) is 7.95. The van der Waals surface area contributed by atoms with Crippen molar-refractivity contribution in [3.63, 3.8) is 0 Å². The molecule has 0 spiro atoms. The Hall–Kier alpha value is -0.780. The van der Waals surface area contributed by atoms with Gasteiger partial charge in [0.1, 0.15) is 4.90 Å². The van der Waals surface area contributed by atoms with Crippen LogP contribution in [-0.4, -0.2) is 15.0 Å². The summed E-state index contributed by atoms with van der Waals surface area (Å²) >= 11 is 5.96. The lowest BCUT2D eigenvalue weighted by Gasteiger charge is -2.19. The Bertz CT molecular complexity index is 548. The number of rotatable bonds is 3. The lowest BCUT2D eigenvalue weighted by Crippen LogP contribution is -2.32. The molecule has 0 fully saturated rings. The molecule has 0 saturated carbocycles. The zero-order chi connectivity index (χ0) is 14.1. The molecule has 0 aliphatic carbocycles. The molecule has 0 heterocycles. The van der Waals surface area contributed by atoms with Crippen molar-refractivity contribution in [2.45, 2.75) is 32.6 Å². The van der Waals surface area contributed by atoms with Gasteiger partial charge in [-0.3, -0.25) is 0 Å². The first kappa shape index (κ1) is 15.3. The second kappa shape index (κ2) is 5.07. The standard InChI is InChI=1S/C12H19ClN2O2S/c1-8-5-9(13)11(6-10(8)14)18(16,17)15-7-12(2,3)4/h5-6,15H,7,14H2,1-4H3. The highest BCUT2D eigenvalue weighted by Gasteiger charge is 2.21. The Morgan fingerprint density at radius 3 is 2.39 bits per heavy atom. The summed E-state index contributed by atoms with van der Waals surface area (Å²) in [5, 5.41) is 0.183. The summed E-state index contributed by atoms with van der Waals surface area (Å²) in [6, 6.07) is 2.95. The van der Waals surface area contributed by atoms with Crippen molar-refractivity contribution >= 4 is 27.3 Å². The molecule has 0 radical (unpaired) electrons. The molecule has 4 nitrogen and oxygen atoms in total. The van der Waals surface area contributed by atoms with Gasteiger partial charge in [0, 0.05) is 12.2 Å². The molecule has 0 aliphatic rings. The number of aryl methyl sites for hydroxylation is 1. The fourth-order valence-corrected chi connectivity index (χ4v) is 3.16. The average molecular weight is 291 g/mol.